The van der Waals surface area contributed by atoms with Gasteiger partial charge in [-0.25, -0.2) is 14.4 Å². The minimum atomic E-state index is -0.743. The molecule has 162 valence electrons. The van der Waals surface area contributed by atoms with Gasteiger partial charge < -0.3 is 14.6 Å². The van der Waals surface area contributed by atoms with E-state index in [0.29, 0.717) is 18.7 Å². The second-order valence-electron chi connectivity index (χ2n) is 6.99. The normalized spacial score (nSPS) is 11.8. The second-order valence-corrected chi connectivity index (χ2v) is 6.99. The van der Waals surface area contributed by atoms with Crippen LogP contribution in [0.5, 0.6) is 0 Å². The van der Waals surface area contributed by atoms with Crippen LogP contribution < -0.4 is 0 Å². The molecule has 1 N–H and O–H groups in total. The lowest BCUT2D eigenvalue weighted by Gasteiger charge is -2.15. The molecule has 6 nitrogen and oxygen atoms in total. The summed E-state index contributed by atoms with van der Waals surface area (Å²) in [5.74, 6) is 0.124. The molecule has 0 spiro atoms. The molecule has 1 atom stereocenters. The first-order valence-electron chi connectivity index (χ1n) is 9.66. The largest absolute Gasteiger partial charge is 0.469 e. The minimum Gasteiger partial charge on any atom is -0.469 e. The molecule has 0 saturated heterocycles. The maximum atomic E-state index is 13.3. The number of ether oxygens (including phenoxy) is 1. The number of benzene rings is 1. The van der Waals surface area contributed by atoms with E-state index in [1.165, 1.54) is 19.2 Å². The number of methoxy groups -OCH3 is 1. The lowest BCUT2D eigenvalue weighted by molar-refractivity contribution is -0.142. The van der Waals surface area contributed by atoms with E-state index in [4.69, 9.17) is 4.79 Å². The van der Waals surface area contributed by atoms with Crippen molar-refractivity contribution in [1.29, 1.82) is 0 Å². The number of aromatic nitrogens is 2. The molecule has 1 unspecified atom stereocenters. The van der Waals surface area contributed by atoms with Gasteiger partial charge in [0, 0.05) is 11.1 Å². The van der Waals surface area contributed by atoms with Crippen LogP contribution in [0.15, 0.2) is 30.3 Å². The van der Waals surface area contributed by atoms with Crippen LogP contribution in [-0.2, 0) is 14.3 Å². The van der Waals surface area contributed by atoms with Crippen molar-refractivity contribution in [3.8, 4) is 11.3 Å². The molecular formula is C23H29FN2O4. The van der Waals surface area contributed by atoms with E-state index in [1.807, 2.05) is 25.9 Å². The molecular weight excluding hydrogens is 387 g/mol. The number of nitrogens with zero attached hydrogens (tertiary/aromatic N) is 2. The number of halogens is 1. The topological polar surface area (TPSA) is 89.4 Å². The summed E-state index contributed by atoms with van der Waals surface area (Å²) in [7, 11) is 1.30. The third-order valence-electron chi connectivity index (χ3n) is 4.33. The molecule has 7 heteroatoms. The zero-order valence-corrected chi connectivity index (χ0v) is 17.9. The van der Waals surface area contributed by atoms with Gasteiger partial charge in [0.15, 0.2) is 0 Å². The van der Waals surface area contributed by atoms with E-state index in [1.54, 1.807) is 12.1 Å². The van der Waals surface area contributed by atoms with Gasteiger partial charge in [-0.2, -0.15) is 0 Å². The van der Waals surface area contributed by atoms with Crippen molar-refractivity contribution < 1.29 is 23.8 Å². The number of esters is 1. The fraction of sp³-hybridized carbons (Fsp3) is 0.391. The van der Waals surface area contributed by atoms with Gasteiger partial charge >= 0.3 is 5.97 Å². The summed E-state index contributed by atoms with van der Waals surface area (Å²) in [6.45, 7) is 7.97. The highest BCUT2D eigenvalue weighted by molar-refractivity contribution is 5.73. The number of carbonyl (C=O) groups is 2. The Hall–Kier alpha value is -2.93. The molecule has 1 aromatic carbocycles. The van der Waals surface area contributed by atoms with Gasteiger partial charge in [0.1, 0.15) is 18.4 Å². The third kappa shape index (κ3) is 7.48. The number of hydrogen-bond donors (Lipinski definition) is 1. The molecule has 2 aromatic rings. The Balaban J connectivity index is 0.00000218. The molecule has 0 aliphatic rings. The average molecular weight is 416 g/mol. The molecule has 0 fully saturated rings. The van der Waals surface area contributed by atoms with Crippen LogP contribution in [0.1, 0.15) is 56.1 Å². The van der Waals surface area contributed by atoms with Gasteiger partial charge in [0.25, 0.3) is 0 Å². The Morgan fingerprint density at radius 1 is 1.23 bits per heavy atom. The van der Waals surface area contributed by atoms with E-state index < -0.39 is 12.1 Å². The Bertz CT molecular complexity index is 851. The average Bonchev–Trinajstić information content (AvgIpc) is 2.73. The molecule has 30 heavy (non-hydrogen) atoms. The number of allylic oxidation sites excluding steroid dienone is 1. The number of aliphatic hydroxyl groups excluding tert-OH is 1. The predicted molar refractivity (Wildman–Crippen MR) is 114 cm³/mol. The van der Waals surface area contributed by atoms with Crippen LogP contribution in [0, 0.1) is 12.7 Å². The van der Waals surface area contributed by atoms with Crippen molar-refractivity contribution in [1.82, 2.24) is 9.97 Å². The van der Waals surface area contributed by atoms with E-state index in [9.17, 15) is 14.3 Å². The van der Waals surface area contributed by atoms with Gasteiger partial charge in [-0.3, -0.25) is 4.79 Å². The molecule has 0 radical (unpaired) electrons. The molecule has 2 rings (SSSR count). The van der Waals surface area contributed by atoms with E-state index in [0.717, 1.165) is 22.5 Å². The van der Waals surface area contributed by atoms with E-state index >= 15 is 0 Å². The first-order chi connectivity index (χ1) is 14.3. The first kappa shape index (κ1) is 25.1. The summed E-state index contributed by atoms with van der Waals surface area (Å²) >= 11 is 0. The van der Waals surface area contributed by atoms with Crippen LogP contribution in [0.25, 0.3) is 17.3 Å². The van der Waals surface area contributed by atoms with Crippen molar-refractivity contribution in [3.05, 3.63) is 53.2 Å². The Kier molecular flexibility index (Phi) is 10.5. The Morgan fingerprint density at radius 3 is 2.43 bits per heavy atom. The number of rotatable bonds is 8. The first-order valence-corrected chi connectivity index (χ1v) is 9.66. The zero-order valence-electron chi connectivity index (χ0n) is 17.9. The fourth-order valence-corrected chi connectivity index (χ4v) is 2.90. The second kappa shape index (κ2) is 12.6. The Labute approximate surface area is 176 Å². The summed E-state index contributed by atoms with van der Waals surface area (Å²) < 4.78 is 17.9. The summed E-state index contributed by atoms with van der Waals surface area (Å²) in [4.78, 5) is 28.4. The van der Waals surface area contributed by atoms with Crippen LogP contribution in [0.3, 0.4) is 0 Å². The molecule has 1 heterocycles. The van der Waals surface area contributed by atoms with Crippen molar-refractivity contribution in [2.45, 2.75) is 52.1 Å². The molecule has 0 aliphatic heterocycles. The van der Waals surface area contributed by atoms with Crippen LogP contribution >= 0.6 is 0 Å². The van der Waals surface area contributed by atoms with Crippen molar-refractivity contribution in [3.63, 3.8) is 0 Å². The lowest BCUT2D eigenvalue weighted by Crippen LogP contribution is -2.14. The maximum absolute atomic E-state index is 13.3. The molecule has 0 bridgehead atoms. The standard InChI is InChI=1S/C22H27FN2O3.CH2O/c1-14(2)21-19(8-6-5-7-18(26)13-20(27)28-4)22(25-15(3)24-21)16-9-11-17(23)12-10-16;1-2/h6,8-12,14,18,26H,5,7,13H2,1-4H3;1H2/b8-6+;. The predicted octanol–water partition coefficient (Wildman–Crippen LogP) is 4.25. The van der Waals surface area contributed by atoms with Gasteiger partial charge in [-0.15, -0.1) is 0 Å². The van der Waals surface area contributed by atoms with Crippen LogP contribution in [0.4, 0.5) is 4.39 Å². The Morgan fingerprint density at radius 2 is 1.87 bits per heavy atom. The molecule has 0 saturated carbocycles. The summed E-state index contributed by atoms with van der Waals surface area (Å²) in [5.41, 5.74) is 3.37. The fourth-order valence-electron chi connectivity index (χ4n) is 2.90. The molecule has 1 aromatic heterocycles. The third-order valence-corrected chi connectivity index (χ3v) is 4.33. The number of hydrogen-bond acceptors (Lipinski definition) is 6. The van der Waals surface area contributed by atoms with Gasteiger partial charge in [0.05, 0.1) is 31.0 Å². The van der Waals surface area contributed by atoms with Gasteiger partial charge in [-0.05, 0) is 49.9 Å². The SMILES string of the molecule is C=O.COC(=O)CC(O)CC/C=C/c1c(-c2ccc(F)cc2)nc(C)nc1C(C)C. The lowest BCUT2D eigenvalue weighted by atomic mass is 9.97. The molecule has 0 aliphatic carbocycles. The quantitative estimate of drug-likeness (QED) is 0.647. The summed E-state index contributed by atoms with van der Waals surface area (Å²) in [5, 5.41) is 9.89. The number of carbonyl (C=O) groups excluding carboxylic acids is 2. The smallest absolute Gasteiger partial charge is 0.308 e. The summed E-state index contributed by atoms with van der Waals surface area (Å²) in [6.07, 6.45) is 4.16. The van der Waals surface area contributed by atoms with Crippen molar-refractivity contribution in [2.24, 2.45) is 0 Å². The van der Waals surface area contributed by atoms with Crippen molar-refractivity contribution in [2.75, 3.05) is 7.11 Å². The summed E-state index contributed by atoms with van der Waals surface area (Å²) in [6, 6.07) is 6.24. The van der Waals surface area contributed by atoms with E-state index in [2.05, 4.69) is 28.6 Å². The van der Waals surface area contributed by atoms with E-state index in [-0.39, 0.29) is 18.2 Å². The van der Waals surface area contributed by atoms with Gasteiger partial charge in [-0.1, -0.05) is 26.0 Å². The van der Waals surface area contributed by atoms with Crippen LogP contribution in [-0.4, -0.2) is 41.0 Å². The maximum Gasteiger partial charge on any atom is 0.308 e. The van der Waals surface area contributed by atoms with Gasteiger partial charge in [0.2, 0.25) is 0 Å². The highest BCUT2D eigenvalue weighted by atomic mass is 19.1. The van der Waals surface area contributed by atoms with Crippen molar-refractivity contribution >= 4 is 18.8 Å². The van der Waals surface area contributed by atoms with Crippen LogP contribution in [0.2, 0.25) is 0 Å². The monoisotopic (exact) mass is 416 g/mol. The molecule has 0 amide bonds. The zero-order chi connectivity index (χ0) is 22.7. The number of aryl methyl sites for hydroxylation is 1. The number of aliphatic hydroxyl groups is 1. The highest BCUT2D eigenvalue weighted by Gasteiger charge is 2.15. The highest BCUT2D eigenvalue weighted by Crippen LogP contribution is 2.29. The minimum absolute atomic E-state index is 0.0178.